The van der Waals surface area contributed by atoms with Crippen LogP contribution in [0.1, 0.15) is 31.7 Å². The molecule has 21 heavy (non-hydrogen) atoms. The lowest BCUT2D eigenvalue weighted by atomic mass is 9.91. The third kappa shape index (κ3) is 3.58. The fourth-order valence-corrected chi connectivity index (χ4v) is 3.38. The third-order valence-corrected chi connectivity index (χ3v) is 5.25. The molecule has 3 heteroatoms. The van der Waals surface area contributed by atoms with Crippen molar-refractivity contribution in [3.05, 3.63) is 29.8 Å². The molecule has 2 fully saturated rings. The van der Waals surface area contributed by atoms with E-state index in [9.17, 15) is 0 Å². The van der Waals surface area contributed by atoms with Crippen molar-refractivity contribution in [2.24, 2.45) is 0 Å². The maximum atomic E-state index is 2.53. The van der Waals surface area contributed by atoms with Crippen LogP contribution in [0, 0.1) is 0 Å². The molecule has 0 spiro atoms. The number of piperazine rings is 1. The Morgan fingerprint density at radius 2 is 1.71 bits per heavy atom. The summed E-state index contributed by atoms with van der Waals surface area (Å²) in [4.78, 5) is 7.56. The van der Waals surface area contributed by atoms with E-state index in [0.29, 0.717) is 0 Å². The van der Waals surface area contributed by atoms with Gasteiger partial charge in [-0.1, -0.05) is 25.5 Å². The predicted octanol–water partition coefficient (Wildman–Crippen LogP) is 2.81. The molecular weight excluding hydrogens is 258 g/mol. The Labute approximate surface area is 129 Å². The number of benzene rings is 1. The second-order valence-electron chi connectivity index (χ2n) is 6.59. The first-order valence-corrected chi connectivity index (χ1v) is 8.52. The van der Waals surface area contributed by atoms with E-state index in [0.717, 1.165) is 25.7 Å². The van der Waals surface area contributed by atoms with E-state index >= 15 is 0 Å². The van der Waals surface area contributed by atoms with Gasteiger partial charge in [0, 0.05) is 44.5 Å². The van der Waals surface area contributed by atoms with Crippen molar-refractivity contribution in [1.29, 1.82) is 0 Å². The van der Waals surface area contributed by atoms with Gasteiger partial charge in [0.1, 0.15) is 0 Å². The standard InChI is InChI=1S/C18H29N3/c1-3-20-11-13-21(14-12-20)18-9-7-16(8-10-18)15-19(2)17-5-4-6-17/h7-10,17H,3-6,11-15H2,1-2H3. The summed E-state index contributed by atoms with van der Waals surface area (Å²) in [7, 11) is 2.27. The Hall–Kier alpha value is -1.06. The zero-order valence-electron chi connectivity index (χ0n) is 13.6. The van der Waals surface area contributed by atoms with Gasteiger partial charge in [0.05, 0.1) is 0 Å². The molecule has 1 saturated heterocycles. The zero-order valence-corrected chi connectivity index (χ0v) is 13.6. The molecule has 0 aromatic heterocycles. The van der Waals surface area contributed by atoms with E-state index in [1.165, 1.54) is 50.1 Å². The first-order chi connectivity index (χ1) is 10.3. The van der Waals surface area contributed by atoms with Gasteiger partial charge in [-0.2, -0.15) is 0 Å². The molecule has 0 bridgehead atoms. The lowest BCUT2D eigenvalue weighted by Crippen LogP contribution is -2.46. The normalized spacial score (nSPS) is 20.8. The number of hydrogen-bond donors (Lipinski definition) is 0. The lowest BCUT2D eigenvalue weighted by molar-refractivity contribution is 0.152. The molecule has 3 rings (SSSR count). The van der Waals surface area contributed by atoms with Crippen LogP contribution in [0.25, 0.3) is 0 Å². The Morgan fingerprint density at radius 1 is 1.05 bits per heavy atom. The van der Waals surface area contributed by atoms with Gasteiger partial charge in [-0.3, -0.25) is 4.90 Å². The predicted molar refractivity (Wildman–Crippen MR) is 89.9 cm³/mol. The molecule has 0 atom stereocenters. The Kier molecular flexibility index (Phi) is 4.81. The molecule has 0 unspecified atom stereocenters. The minimum absolute atomic E-state index is 0.826. The number of nitrogens with zero attached hydrogens (tertiary/aromatic N) is 3. The van der Waals surface area contributed by atoms with Crippen LogP contribution in [-0.4, -0.2) is 55.6 Å². The Bertz CT molecular complexity index is 430. The molecule has 1 aromatic carbocycles. The van der Waals surface area contributed by atoms with Gasteiger partial charge in [-0.05, 0) is 44.1 Å². The summed E-state index contributed by atoms with van der Waals surface area (Å²) in [6.07, 6.45) is 4.18. The highest BCUT2D eigenvalue weighted by Gasteiger charge is 2.22. The maximum absolute atomic E-state index is 2.53. The summed E-state index contributed by atoms with van der Waals surface area (Å²) in [5, 5.41) is 0. The largest absolute Gasteiger partial charge is 0.369 e. The molecule has 2 aliphatic rings. The second kappa shape index (κ2) is 6.80. The average Bonchev–Trinajstić information content (AvgIpc) is 2.46. The van der Waals surface area contributed by atoms with Crippen molar-refractivity contribution in [1.82, 2.24) is 9.80 Å². The quantitative estimate of drug-likeness (QED) is 0.824. The molecule has 0 radical (unpaired) electrons. The smallest absolute Gasteiger partial charge is 0.0367 e. The van der Waals surface area contributed by atoms with E-state index in [2.05, 4.69) is 52.9 Å². The molecular formula is C18H29N3. The molecule has 1 heterocycles. The highest BCUT2D eigenvalue weighted by Crippen LogP contribution is 2.25. The van der Waals surface area contributed by atoms with E-state index in [-0.39, 0.29) is 0 Å². The van der Waals surface area contributed by atoms with E-state index in [1.807, 2.05) is 0 Å². The molecule has 1 aromatic rings. The van der Waals surface area contributed by atoms with Crippen LogP contribution in [0.15, 0.2) is 24.3 Å². The number of hydrogen-bond acceptors (Lipinski definition) is 3. The first kappa shape index (κ1) is 14.9. The second-order valence-corrected chi connectivity index (χ2v) is 6.59. The Morgan fingerprint density at radius 3 is 2.24 bits per heavy atom. The van der Waals surface area contributed by atoms with Crippen LogP contribution >= 0.6 is 0 Å². The van der Waals surface area contributed by atoms with Gasteiger partial charge in [-0.15, -0.1) is 0 Å². The van der Waals surface area contributed by atoms with Crippen LogP contribution < -0.4 is 4.90 Å². The number of likely N-dealkylation sites (N-methyl/N-ethyl adjacent to an activating group) is 1. The van der Waals surface area contributed by atoms with Crippen molar-refractivity contribution in [3.8, 4) is 0 Å². The van der Waals surface area contributed by atoms with E-state index in [1.54, 1.807) is 0 Å². The highest BCUT2D eigenvalue weighted by molar-refractivity contribution is 5.48. The van der Waals surface area contributed by atoms with Crippen molar-refractivity contribution in [3.63, 3.8) is 0 Å². The third-order valence-electron chi connectivity index (χ3n) is 5.25. The summed E-state index contributed by atoms with van der Waals surface area (Å²) < 4.78 is 0. The summed E-state index contributed by atoms with van der Waals surface area (Å²) in [6.45, 7) is 9.24. The van der Waals surface area contributed by atoms with Gasteiger partial charge >= 0.3 is 0 Å². The molecule has 116 valence electrons. The SMILES string of the molecule is CCN1CCN(c2ccc(CN(C)C3CCC3)cc2)CC1. The summed E-state index contributed by atoms with van der Waals surface area (Å²) in [5.41, 5.74) is 2.83. The average molecular weight is 287 g/mol. The first-order valence-electron chi connectivity index (χ1n) is 8.52. The highest BCUT2D eigenvalue weighted by atomic mass is 15.3. The number of rotatable bonds is 5. The van der Waals surface area contributed by atoms with Crippen LogP contribution in [0.3, 0.4) is 0 Å². The summed E-state index contributed by atoms with van der Waals surface area (Å²) in [5.74, 6) is 0. The van der Waals surface area contributed by atoms with Gasteiger partial charge in [0.15, 0.2) is 0 Å². The summed E-state index contributed by atoms with van der Waals surface area (Å²) >= 11 is 0. The van der Waals surface area contributed by atoms with E-state index < -0.39 is 0 Å². The monoisotopic (exact) mass is 287 g/mol. The van der Waals surface area contributed by atoms with Gasteiger partial charge in [-0.25, -0.2) is 0 Å². The fraction of sp³-hybridized carbons (Fsp3) is 0.667. The van der Waals surface area contributed by atoms with Crippen LogP contribution in [0.2, 0.25) is 0 Å². The molecule has 1 aliphatic heterocycles. The van der Waals surface area contributed by atoms with Gasteiger partial charge in [0.2, 0.25) is 0 Å². The van der Waals surface area contributed by atoms with Crippen molar-refractivity contribution >= 4 is 5.69 Å². The van der Waals surface area contributed by atoms with Crippen LogP contribution in [0.5, 0.6) is 0 Å². The lowest BCUT2D eigenvalue weighted by Gasteiger charge is -2.36. The van der Waals surface area contributed by atoms with Gasteiger partial charge in [0.25, 0.3) is 0 Å². The molecule has 0 N–H and O–H groups in total. The van der Waals surface area contributed by atoms with Crippen molar-refractivity contribution in [2.45, 2.75) is 38.8 Å². The van der Waals surface area contributed by atoms with Crippen molar-refractivity contribution < 1.29 is 0 Å². The topological polar surface area (TPSA) is 9.72 Å². The maximum Gasteiger partial charge on any atom is 0.0367 e. The Balaban J connectivity index is 1.54. The van der Waals surface area contributed by atoms with Gasteiger partial charge < -0.3 is 9.80 Å². The molecule has 0 amide bonds. The number of anilines is 1. The van der Waals surface area contributed by atoms with E-state index in [4.69, 9.17) is 0 Å². The molecule has 1 saturated carbocycles. The van der Waals surface area contributed by atoms with Crippen LogP contribution in [0.4, 0.5) is 5.69 Å². The molecule has 1 aliphatic carbocycles. The minimum atomic E-state index is 0.826. The zero-order chi connectivity index (χ0) is 14.7. The van der Waals surface area contributed by atoms with Crippen LogP contribution in [-0.2, 0) is 6.54 Å². The molecule has 3 nitrogen and oxygen atoms in total. The minimum Gasteiger partial charge on any atom is -0.369 e. The van der Waals surface area contributed by atoms with Crippen molar-refractivity contribution in [2.75, 3.05) is 44.7 Å². The fourth-order valence-electron chi connectivity index (χ4n) is 3.38. The summed E-state index contributed by atoms with van der Waals surface area (Å²) in [6, 6.07) is 10.1.